The van der Waals surface area contributed by atoms with Gasteiger partial charge in [0.1, 0.15) is 4.90 Å². The van der Waals surface area contributed by atoms with E-state index in [4.69, 9.17) is 5.11 Å². The van der Waals surface area contributed by atoms with Crippen LogP contribution in [0.1, 0.15) is 17.5 Å². The Morgan fingerprint density at radius 2 is 2.24 bits per heavy atom. The second-order valence-electron chi connectivity index (χ2n) is 4.23. The molecular weight excluding hydrogens is 290 g/mol. The molecule has 3 N–H and O–H groups in total. The van der Waals surface area contributed by atoms with Crippen LogP contribution in [0.3, 0.4) is 0 Å². The molecule has 0 aliphatic rings. The fourth-order valence-corrected chi connectivity index (χ4v) is 2.55. The topological polar surface area (TPSA) is 95.1 Å². The number of nitrogens with zero attached hydrogens (tertiary/aromatic N) is 1. The lowest BCUT2D eigenvalue weighted by atomic mass is 10.1. The van der Waals surface area contributed by atoms with Crippen molar-refractivity contribution >= 4 is 10.0 Å². The summed E-state index contributed by atoms with van der Waals surface area (Å²) < 4.78 is 26.4. The second kappa shape index (κ2) is 7.04. The highest BCUT2D eigenvalue weighted by atomic mass is 32.2. The van der Waals surface area contributed by atoms with Crippen LogP contribution >= 0.6 is 0 Å². The van der Waals surface area contributed by atoms with Crippen LogP contribution in [-0.4, -0.2) is 30.3 Å². The summed E-state index contributed by atoms with van der Waals surface area (Å²) in [5.74, 6) is 5.73. The molecule has 0 aliphatic heterocycles. The third-order valence-corrected chi connectivity index (χ3v) is 4.01. The summed E-state index contributed by atoms with van der Waals surface area (Å²) in [6.45, 7) is 0.195. The molecule has 2 aromatic rings. The van der Waals surface area contributed by atoms with Gasteiger partial charge in [0, 0.05) is 24.7 Å². The van der Waals surface area contributed by atoms with Crippen molar-refractivity contribution in [2.24, 2.45) is 0 Å². The number of benzene rings is 1. The number of hydrogen-bond acceptors (Lipinski definition) is 4. The summed E-state index contributed by atoms with van der Waals surface area (Å²) in [6.07, 6.45) is 2.98. The van der Waals surface area contributed by atoms with E-state index in [1.165, 1.54) is 12.4 Å². The summed E-state index contributed by atoms with van der Waals surface area (Å²) in [5.41, 5.74) is 1.58. The van der Waals surface area contributed by atoms with Crippen molar-refractivity contribution in [2.45, 2.75) is 17.9 Å². The molecule has 1 aromatic carbocycles. The first kappa shape index (κ1) is 15.3. The van der Waals surface area contributed by atoms with Gasteiger partial charge in [0.2, 0.25) is 10.0 Å². The van der Waals surface area contributed by atoms with Crippen molar-refractivity contribution in [2.75, 3.05) is 6.61 Å². The molecule has 21 heavy (non-hydrogen) atoms. The average Bonchev–Trinajstić information content (AvgIpc) is 3.01. The van der Waals surface area contributed by atoms with Gasteiger partial charge in [-0.15, -0.1) is 0 Å². The number of H-pyrrole nitrogens is 1. The average molecular weight is 305 g/mol. The number of aromatic amines is 1. The highest BCUT2D eigenvalue weighted by Gasteiger charge is 2.14. The molecule has 2 rings (SSSR count). The van der Waals surface area contributed by atoms with E-state index in [-0.39, 0.29) is 18.0 Å². The van der Waals surface area contributed by atoms with E-state index in [0.29, 0.717) is 6.42 Å². The van der Waals surface area contributed by atoms with Crippen molar-refractivity contribution in [3.8, 4) is 11.8 Å². The van der Waals surface area contributed by atoms with E-state index < -0.39 is 10.0 Å². The maximum atomic E-state index is 11.9. The van der Waals surface area contributed by atoms with Crippen molar-refractivity contribution in [1.82, 2.24) is 14.9 Å². The lowest BCUT2D eigenvalue weighted by Gasteiger charge is -2.05. The zero-order valence-corrected chi connectivity index (χ0v) is 12.0. The van der Waals surface area contributed by atoms with Crippen molar-refractivity contribution in [3.05, 3.63) is 47.8 Å². The van der Waals surface area contributed by atoms with Crippen molar-refractivity contribution in [3.63, 3.8) is 0 Å². The van der Waals surface area contributed by atoms with Gasteiger partial charge in [0.25, 0.3) is 0 Å². The van der Waals surface area contributed by atoms with Gasteiger partial charge in [-0.05, 0) is 17.7 Å². The first-order valence-corrected chi connectivity index (χ1v) is 7.77. The molecule has 0 amide bonds. The monoisotopic (exact) mass is 305 g/mol. The van der Waals surface area contributed by atoms with Crippen LogP contribution in [0.2, 0.25) is 0 Å². The Morgan fingerprint density at radius 3 is 2.95 bits per heavy atom. The third-order valence-electron chi connectivity index (χ3n) is 2.65. The lowest BCUT2D eigenvalue weighted by molar-refractivity contribution is 0.305. The minimum Gasteiger partial charge on any atom is -0.395 e. The number of rotatable bonds is 5. The van der Waals surface area contributed by atoms with E-state index in [0.717, 1.165) is 11.1 Å². The summed E-state index contributed by atoms with van der Waals surface area (Å²) in [4.78, 5) is 0.0985. The smallest absolute Gasteiger partial charge is 0.243 e. The Balaban J connectivity index is 2.04. The van der Waals surface area contributed by atoms with Crippen molar-refractivity contribution in [1.29, 1.82) is 0 Å². The Morgan fingerprint density at radius 1 is 1.38 bits per heavy atom. The van der Waals surface area contributed by atoms with Gasteiger partial charge in [0.05, 0.1) is 12.8 Å². The summed E-state index contributed by atoms with van der Waals surface area (Å²) in [5, 5.41) is 14.8. The fourth-order valence-electron chi connectivity index (χ4n) is 1.63. The highest BCUT2D eigenvalue weighted by Crippen LogP contribution is 2.08. The van der Waals surface area contributed by atoms with Crippen LogP contribution in [0.4, 0.5) is 0 Å². The Bertz CT molecular complexity index is 743. The summed E-state index contributed by atoms with van der Waals surface area (Å²) in [6, 6.07) is 7.26. The molecule has 1 aromatic heterocycles. The zero-order chi connectivity index (χ0) is 15.1. The predicted molar refractivity (Wildman–Crippen MR) is 77.6 cm³/mol. The molecule has 0 spiro atoms. The van der Waals surface area contributed by atoms with Gasteiger partial charge in [-0.3, -0.25) is 5.10 Å². The second-order valence-corrected chi connectivity index (χ2v) is 6.00. The normalized spacial score (nSPS) is 10.9. The summed E-state index contributed by atoms with van der Waals surface area (Å²) in [7, 11) is -3.56. The highest BCUT2D eigenvalue weighted by molar-refractivity contribution is 7.89. The molecular formula is C14H15N3O3S. The van der Waals surface area contributed by atoms with Crippen LogP contribution in [0.25, 0.3) is 0 Å². The van der Waals surface area contributed by atoms with E-state index >= 15 is 0 Å². The molecule has 1 heterocycles. The quantitative estimate of drug-likeness (QED) is 0.706. The first-order chi connectivity index (χ1) is 10.1. The van der Waals surface area contributed by atoms with Crippen LogP contribution in [0, 0.1) is 11.8 Å². The maximum Gasteiger partial charge on any atom is 0.243 e. The number of aliphatic hydroxyl groups excluding tert-OH is 1. The molecule has 0 bridgehead atoms. The number of hydrogen-bond donors (Lipinski definition) is 3. The molecule has 6 nitrogen and oxygen atoms in total. The predicted octanol–water partition coefficient (Wildman–Crippen LogP) is 0.622. The zero-order valence-electron chi connectivity index (χ0n) is 11.2. The molecule has 0 atom stereocenters. The minimum atomic E-state index is -3.56. The van der Waals surface area contributed by atoms with E-state index in [9.17, 15) is 8.42 Å². The van der Waals surface area contributed by atoms with E-state index in [1.54, 1.807) is 0 Å². The molecule has 7 heteroatoms. The molecule has 0 saturated carbocycles. The number of nitrogens with one attached hydrogen (secondary N) is 2. The van der Waals surface area contributed by atoms with Crippen LogP contribution in [0.5, 0.6) is 0 Å². The fraction of sp³-hybridized carbons (Fsp3) is 0.214. The minimum absolute atomic E-state index is 0.0250. The van der Waals surface area contributed by atoms with Gasteiger partial charge in [-0.2, -0.15) is 5.10 Å². The standard InChI is InChI=1S/C14H15N3O3S/c18-7-2-1-4-12-5-3-6-13(8-12)9-17-21(19,20)14-10-15-16-11-14/h3,5-6,8,10-11,17-18H,2,7,9H2,(H,15,16). The SMILES string of the molecule is O=S(=O)(NCc1cccc(C#CCCO)c1)c1cn[nH]c1. The lowest BCUT2D eigenvalue weighted by Crippen LogP contribution is -2.22. The number of aromatic nitrogens is 2. The van der Waals surface area contributed by atoms with Gasteiger partial charge >= 0.3 is 0 Å². The number of sulfonamides is 1. The number of aliphatic hydroxyl groups is 1. The van der Waals surface area contributed by atoms with Crippen LogP contribution < -0.4 is 4.72 Å². The molecule has 0 aliphatic carbocycles. The van der Waals surface area contributed by atoms with Gasteiger partial charge in [-0.1, -0.05) is 24.0 Å². The van der Waals surface area contributed by atoms with Crippen molar-refractivity contribution < 1.29 is 13.5 Å². The Labute approximate surface area is 123 Å². The molecule has 0 radical (unpaired) electrons. The first-order valence-electron chi connectivity index (χ1n) is 6.29. The van der Waals surface area contributed by atoms with Crippen LogP contribution in [0.15, 0.2) is 41.6 Å². The Kier molecular flexibility index (Phi) is 5.11. The largest absolute Gasteiger partial charge is 0.395 e. The van der Waals surface area contributed by atoms with E-state index in [2.05, 4.69) is 26.8 Å². The third kappa shape index (κ3) is 4.43. The molecule has 0 fully saturated rings. The van der Waals surface area contributed by atoms with Gasteiger partial charge < -0.3 is 5.11 Å². The van der Waals surface area contributed by atoms with E-state index in [1.807, 2.05) is 24.3 Å². The molecule has 0 unspecified atom stereocenters. The molecule has 110 valence electrons. The van der Waals surface area contributed by atoms with Gasteiger partial charge in [-0.25, -0.2) is 13.1 Å². The summed E-state index contributed by atoms with van der Waals surface area (Å²) >= 11 is 0. The van der Waals surface area contributed by atoms with Gasteiger partial charge in [0.15, 0.2) is 0 Å². The maximum absolute atomic E-state index is 11.9. The molecule has 0 saturated heterocycles. The Hall–Kier alpha value is -2.14. The van der Waals surface area contributed by atoms with Crippen LogP contribution in [-0.2, 0) is 16.6 Å².